The lowest BCUT2D eigenvalue weighted by Crippen LogP contribution is -2.47. The van der Waals surface area contributed by atoms with Gasteiger partial charge in [0.05, 0.1) is 0 Å². The SMILES string of the molecule is C=CN=C1NC(c2ccc(NC(=O)Nc3cc(N4CCC[C@@H](NC(=O)C#CC)C4)ccn3)cc2)=CC1=C(C)C.CC.CCCOCCC. The van der Waals surface area contributed by atoms with Crippen LogP contribution in [0.2, 0.25) is 0 Å². The van der Waals surface area contributed by atoms with Crippen molar-refractivity contribution in [2.45, 2.75) is 80.2 Å². The molecule has 10 heteroatoms. The second-order valence-corrected chi connectivity index (χ2v) is 11.1. The van der Waals surface area contributed by atoms with Crippen LogP contribution in [0.4, 0.5) is 22.0 Å². The smallest absolute Gasteiger partial charge is 0.324 e. The number of benzene rings is 1. The molecule has 258 valence electrons. The number of amides is 3. The van der Waals surface area contributed by atoms with Crippen LogP contribution in [-0.4, -0.2) is 55.1 Å². The van der Waals surface area contributed by atoms with Gasteiger partial charge in [-0.3, -0.25) is 10.1 Å². The molecule has 1 atom stereocenters. The van der Waals surface area contributed by atoms with Crippen molar-refractivity contribution in [2.24, 2.45) is 4.99 Å². The van der Waals surface area contributed by atoms with Crippen molar-refractivity contribution >= 4 is 40.7 Å². The number of hydrogen-bond acceptors (Lipinski definition) is 6. The number of hydrogen-bond donors (Lipinski definition) is 4. The fraction of sp³-hybridized carbons (Fsp3) is 0.421. The number of nitrogens with zero attached hydrogens (tertiary/aromatic N) is 3. The Morgan fingerprint density at radius 3 is 2.46 bits per heavy atom. The molecule has 10 nitrogen and oxygen atoms in total. The van der Waals surface area contributed by atoms with E-state index >= 15 is 0 Å². The van der Waals surface area contributed by atoms with Gasteiger partial charge >= 0.3 is 6.03 Å². The Kier molecular flexibility index (Phi) is 17.9. The molecule has 4 N–H and O–H groups in total. The number of amidine groups is 1. The first-order valence-corrected chi connectivity index (χ1v) is 16.8. The average Bonchev–Trinajstić information content (AvgIpc) is 3.51. The van der Waals surface area contributed by atoms with Gasteiger partial charge in [-0.05, 0) is 82.2 Å². The van der Waals surface area contributed by atoms with Crippen LogP contribution in [0.15, 0.2) is 77.6 Å². The topological polar surface area (TPSA) is 120 Å². The molecule has 0 aliphatic carbocycles. The van der Waals surface area contributed by atoms with E-state index in [1.54, 1.807) is 13.1 Å². The summed E-state index contributed by atoms with van der Waals surface area (Å²) in [4.78, 5) is 35.3. The van der Waals surface area contributed by atoms with Crippen LogP contribution in [0.5, 0.6) is 0 Å². The van der Waals surface area contributed by atoms with Gasteiger partial charge in [-0.25, -0.2) is 14.8 Å². The van der Waals surface area contributed by atoms with Gasteiger partial charge in [0.1, 0.15) is 11.7 Å². The molecule has 2 aliphatic rings. The molecular weight excluding hydrogens is 602 g/mol. The van der Waals surface area contributed by atoms with Crippen LogP contribution in [0.25, 0.3) is 5.70 Å². The summed E-state index contributed by atoms with van der Waals surface area (Å²) >= 11 is 0. The quantitative estimate of drug-likeness (QED) is 0.155. The standard InChI is InChI=1S/C30H33N7O2.C6H14O.C2H6/c1-5-8-28(38)33-23-9-7-16-37(19-23)24-14-15-32-27(17-24)36-30(39)34-22-12-10-21(11-13-22)26-18-25(20(3)4)29(35-26)31-6-2;1-3-5-7-6-4-2;1-2/h6,10-15,17-18,23H,2,7,9,16,19H2,1,3-4H3,(H,31,35)(H,33,38)(H2,32,34,36,39);3-6H2,1-2H3;1-2H3/t23-;;/m1../s1. The maximum absolute atomic E-state index is 12.7. The van der Waals surface area contributed by atoms with Crippen LogP contribution < -0.4 is 26.2 Å². The van der Waals surface area contributed by atoms with Gasteiger partial charge in [0.2, 0.25) is 0 Å². The molecule has 0 saturated carbocycles. The van der Waals surface area contributed by atoms with E-state index in [0.29, 0.717) is 18.1 Å². The predicted molar refractivity (Wildman–Crippen MR) is 200 cm³/mol. The molecule has 1 aromatic heterocycles. The zero-order valence-electron chi connectivity index (χ0n) is 29.7. The second-order valence-electron chi connectivity index (χ2n) is 11.1. The van der Waals surface area contributed by atoms with Gasteiger partial charge < -0.3 is 25.6 Å². The van der Waals surface area contributed by atoms with Crippen LogP contribution in [0.3, 0.4) is 0 Å². The highest BCUT2D eigenvalue weighted by atomic mass is 16.5. The van der Waals surface area contributed by atoms with Gasteiger partial charge in [-0.15, -0.1) is 0 Å². The second kappa shape index (κ2) is 21.8. The van der Waals surface area contributed by atoms with Crippen molar-refractivity contribution in [3.05, 3.63) is 78.2 Å². The summed E-state index contributed by atoms with van der Waals surface area (Å²) in [7, 11) is 0. The molecule has 4 rings (SSSR count). The predicted octanol–water partition coefficient (Wildman–Crippen LogP) is 7.51. The average molecular weight is 656 g/mol. The molecule has 3 amide bonds. The molecule has 0 radical (unpaired) electrons. The summed E-state index contributed by atoms with van der Waals surface area (Å²) in [5, 5.41) is 11.9. The van der Waals surface area contributed by atoms with E-state index in [9.17, 15) is 9.59 Å². The maximum Gasteiger partial charge on any atom is 0.324 e. The number of carbonyl (C=O) groups excluding carboxylic acids is 2. The van der Waals surface area contributed by atoms with Crippen LogP contribution in [0.1, 0.15) is 79.7 Å². The van der Waals surface area contributed by atoms with Crippen molar-refractivity contribution in [3.63, 3.8) is 0 Å². The zero-order chi connectivity index (χ0) is 35.3. The molecule has 3 heterocycles. The number of rotatable bonds is 10. The maximum atomic E-state index is 12.7. The number of aliphatic imine (C=N–C) groups is 1. The molecule has 2 aliphatic heterocycles. The largest absolute Gasteiger partial charge is 0.381 e. The van der Waals surface area contributed by atoms with Crippen LogP contribution in [0, 0.1) is 11.8 Å². The molecular formula is C38H53N7O3. The molecule has 0 bridgehead atoms. The van der Waals surface area contributed by atoms with Crippen molar-refractivity contribution in [2.75, 3.05) is 41.8 Å². The lowest BCUT2D eigenvalue weighted by Gasteiger charge is -2.34. The minimum absolute atomic E-state index is 0.0209. The number of piperidine rings is 1. The van der Waals surface area contributed by atoms with Crippen molar-refractivity contribution in [1.82, 2.24) is 15.6 Å². The third-order valence-corrected chi connectivity index (χ3v) is 7.05. The number of urea groups is 1. The normalized spacial score (nSPS) is 15.6. The van der Waals surface area contributed by atoms with Crippen LogP contribution in [-0.2, 0) is 9.53 Å². The van der Waals surface area contributed by atoms with E-state index in [4.69, 9.17) is 4.74 Å². The molecule has 1 fully saturated rings. The fourth-order valence-electron chi connectivity index (χ4n) is 4.92. The first-order valence-electron chi connectivity index (χ1n) is 16.8. The number of carbonyl (C=O) groups is 2. The van der Waals surface area contributed by atoms with E-state index < -0.39 is 0 Å². The van der Waals surface area contributed by atoms with Gasteiger partial charge in [0, 0.05) is 73.5 Å². The zero-order valence-corrected chi connectivity index (χ0v) is 29.7. The van der Waals surface area contributed by atoms with E-state index in [0.717, 1.165) is 79.4 Å². The number of pyridine rings is 1. The van der Waals surface area contributed by atoms with Crippen molar-refractivity contribution in [1.29, 1.82) is 0 Å². The summed E-state index contributed by atoms with van der Waals surface area (Å²) in [6, 6.07) is 10.9. The highest BCUT2D eigenvalue weighted by molar-refractivity contribution is 6.11. The number of allylic oxidation sites excluding steroid dienone is 1. The van der Waals surface area contributed by atoms with Gasteiger partial charge in [0.15, 0.2) is 0 Å². The van der Waals surface area contributed by atoms with Crippen molar-refractivity contribution in [3.8, 4) is 11.8 Å². The number of nitrogens with one attached hydrogen (secondary N) is 4. The Hall–Kier alpha value is -4.88. The number of aromatic nitrogens is 1. The molecule has 2 aromatic rings. The summed E-state index contributed by atoms with van der Waals surface area (Å²) in [5.41, 5.74) is 5.68. The highest BCUT2D eigenvalue weighted by Crippen LogP contribution is 2.25. The van der Waals surface area contributed by atoms with E-state index in [1.807, 2.05) is 64.1 Å². The monoisotopic (exact) mass is 655 g/mol. The lowest BCUT2D eigenvalue weighted by atomic mass is 10.0. The van der Waals surface area contributed by atoms with Crippen LogP contribution >= 0.6 is 0 Å². The van der Waals surface area contributed by atoms with E-state index in [-0.39, 0.29) is 18.0 Å². The molecule has 0 spiro atoms. The van der Waals surface area contributed by atoms with Gasteiger partial charge in [-0.1, -0.05) is 57.9 Å². The summed E-state index contributed by atoms with van der Waals surface area (Å²) in [6.45, 7) is 21.0. The van der Waals surface area contributed by atoms with E-state index in [2.05, 4.69) is 74.5 Å². The first-order chi connectivity index (χ1) is 23.3. The molecule has 1 aromatic carbocycles. The first kappa shape index (κ1) is 39.3. The number of anilines is 3. The summed E-state index contributed by atoms with van der Waals surface area (Å²) in [5.74, 6) is 6.10. The van der Waals surface area contributed by atoms with Gasteiger partial charge in [0.25, 0.3) is 5.91 Å². The molecule has 1 saturated heterocycles. The Balaban J connectivity index is 0.000000790. The molecule has 48 heavy (non-hydrogen) atoms. The minimum atomic E-state index is -0.389. The third-order valence-electron chi connectivity index (χ3n) is 7.05. The minimum Gasteiger partial charge on any atom is -0.381 e. The summed E-state index contributed by atoms with van der Waals surface area (Å²) < 4.78 is 5.13. The number of ether oxygens (including phenoxy) is 1. The molecule has 0 unspecified atom stereocenters. The Bertz CT molecular complexity index is 1490. The highest BCUT2D eigenvalue weighted by Gasteiger charge is 2.22. The fourth-order valence-corrected chi connectivity index (χ4v) is 4.92. The van der Waals surface area contributed by atoms with Gasteiger partial charge in [-0.2, -0.15) is 0 Å². The third kappa shape index (κ3) is 13.1. The lowest BCUT2D eigenvalue weighted by molar-refractivity contribution is -0.116. The summed E-state index contributed by atoms with van der Waals surface area (Å²) in [6.07, 6.45) is 9.36. The Labute approximate surface area is 287 Å². The van der Waals surface area contributed by atoms with E-state index in [1.165, 1.54) is 6.20 Å². The van der Waals surface area contributed by atoms with Crippen molar-refractivity contribution < 1.29 is 14.3 Å². The Morgan fingerprint density at radius 2 is 1.83 bits per heavy atom. The Morgan fingerprint density at radius 1 is 1.12 bits per heavy atom.